The average molecular weight is 439 g/mol. The van der Waals surface area contributed by atoms with Crippen LogP contribution >= 0.6 is 0 Å². The summed E-state index contributed by atoms with van der Waals surface area (Å²) in [6.07, 6.45) is 3.77. The van der Waals surface area contributed by atoms with Crippen molar-refractivity contribution in [2.45, 2.75) is 32.6 Å². The molecule has 0 aliphatic carbocycles. The fourth-order valence-corrected chi connectivity index (χ4v) is 4.12. The fourth-order valence-electron chi connectivity index (χ4n) is 4.12. The number of hydrogen-bond donors (Lipinski definition) is 2. The number of rotatable bonds is 7. The average Bonchev–Trinajstić information content (AvgIpc) is 3.26. The molecule has 33 heavy (non-hydrogen) atoms. The molecule has 0 saturated carbocycles. The Morgan fingerprint density at radius 1 is 0.939 bits per heavy atom. The lowest BCUT2D eigenvalue weighted by Gasteiger charge is -2.21. The topological polar surface area (TPSA) is 54.1 Å². The predicted molar refractivity (Wildman–Crippen MR) is 136 cm³/mol. The Bertz CT molecular complexity index is 1270. The summed E-state index contributed by atoms with van der Waals surface area (Å²) in [4.78, 5) is 16.4. The molecule has 1 aromatic heterocycles. The van der Waals surface area contributed by atoms with E-state index in [9.17, 15) is 4.79 Å². The zero-order valence-electron chi connectivity index (χ0n) is 19.6. The predicted octanol–water partition coefficient (Wildman–Crippen LogP) is 6.90. The number of ether oxygens (including phenoxy) is 1. The first-order valence-electron chi connectivity index (χ1n) is 11.3. The highest BCUT2D eigenvalue weighted by Gasteiger charge is 2.28. The van der Waals surface area contributed by atoms with E-state index in [2.05, 4.69) is 54.5 Å². The van der Waals surface area contributed by atoms with Crippen LogP contribution in [-0.4, -0.2) is 18.1 Å². The Morgan fingerprint density at radius 2 is 1.61 bits per heavy atom. The first-order valence-corrected chi connectivity index (χ1v) is 11.3. The molecule has 4 aromatic rings. The first-order chi connectivity index (χ1) is 16.0. The molecule has 3 aromatic carbocycles. The molecule has 0 aliphatic rings. The number of fused-ring (bicyclic) bond motifs is 1. The molecule has 0 fully saturated rings. The van der Waals surface area contributed by atoms with Gasteiger partial charge in [0, 0.05) is 34.9 Å². The third-order valence-corrected chi connectivity index (χ3v) is 6.05. The number of aromatic amines is 1. The Labute approximate surface area is 195 Å². The van der Waals surface area contributed by atoms with Gasteiger partial charge in [-0.25, -0.2) is 4.79 Å². The number of H-pyrrole nitrogens is 1. The van der Waals surface area contributed by atoms with E-state index < -0.39 is 0 Å². The molecule has 0 amide bonds. The van der Waals surface area contributed by atoms with Gasteiger partial charge >= 0.3 is 5.97 Å². The van der Waals surface area contributed by atoms with Gasteiger partial charge in [0.1, 0.15) is 0 Å². The van der Waals surface area contributed by atoms with Crippen LogP contribution in [-0.2, 0) is 9.53 Å². The van der Waals surface area contributed by atoms with Gasteiger partial charge in [0.15, 0.2) is 0 Å². The summed E-state index contributed by atoms with van der Waals surface area (Å²) in [6, 6.07) is 24.7. The van der Waals surface area contributed by atoms with E-state index in [0.717, 1.165) is 27.7 Å². The van der Waals surface area contributed by atoms with E-state index in [1.54, 1.807) is 6.20 Å². The maximum atomic E-state index is 13.1. The number of aromatic nitrogens is 1. The summed E-state index contributed by atoms with van der Waals surface area (Å²) in [5.74, 6) is -0.227. The molecule has 4 rings (SSSR count). The molecule has 2 N–H and O–H groups in total. The van der Waals surface area contributed by atoms with Crippen molar-refractivity contribution in [1.82, 2.24) is 4.98 Å². The van der Waals surface area contributed by atoms with E-state index >= 15 is 0 Å². The summed E-state index contributed by atoms with van der Waals surface area (Å²) in [6.45, 7) is 6.40. The number of carbonyl (C=O) groups is 1. The van der Waals surface area contributed by atoms with E-state index in [4.69, 9.17) is 4.74 Å². The number of aryl methyl sites for hydroxylation is 1. The highest BCUT2D eigenvalue weighted by molar-refractivity contribution is 5.94. The summed E-state index contributed by atoms with van der Waals surface area (Å²) in [7, 11) is 1.43. The van der Waals surface area contributed by atoms with Gasteiger partial charge in [0.2, 0.25) is 0 Å². The lowest BCUT2D eigenvalue weighted by molar-refractivity contribution is -0.136. The van der Waals surface area contributed by atoms with Gasteiger partial charge < -0.3 is 15.0 Å². The summed E-state index contributed by atoms with van der Waals surface area (Å²) in [5.41, 5.74) is 7.00. The van der Waals surface area contributed by atoms with Gasteiger partial charge in [-0.2, -0.15) is 0 Å². The SMILES string of the molecule is COC(=O)/C(=C\Nc1ccc(C)cc1)C(c1ccc(C(C)C)cc1)c1c[nH]c2ccccc12. The normalized spacial score (nSPS) is 12.7. The van der Waals surface area contributed by atoms with E-state index in [1.807, 2.05) is 55.6 Å². The van der Waals surface area contributed by atoms with Crippen LogP contribution in [0.2, 0.25) is 0 Å². The van der Waals surface area contributed by atoms with Crippen molar-refractivity contribution in [3.8, 4) is 0 Å². The second-order valence-electron chi connectivity index (χ2n) is 8.65. The van der Waals surface area contributed by atoms with Gasteiger partial charge in [0.25, 0.3) is 0 Å². The molecule has 0 bridgehead atoms. The molecule has 1 heterocycles. The Balaban J connectivity index is 1.85. The smallest absolute Gasteiger partial charge is 0.336 e. The zero-order valence-corrected chi connectivity index (χ0v) is 19.6. The second kappa shape index (κ2) is 9.78. The van der Waals surface area contributed by atoms with Crippen molar-refractivity contribution in [1.29, 1.82) is 0 Å². The molecule has 1 atom stereocenters. The number of methoxy groups -OCH3 is 1. The molecule has 4 nitrogen and oxygen atoms in total. The van der Waals surface area contributed by atoms with E-state index in [-0.39, 0.29) is 11.9 Å². The molecule has 0 saturated heterocycles. The molecule has 0 aliphatic heterocycles. The molecular formula is C29H30N2O2. The van der Waals surface area contributed by atoms with Gasteiger partial charge in [-0.05, 0) is 47.7 Å². The maximum Gasteiger partial charge on any atom is 0.336 e. The van der Waals surface area contributed by atoms with E-state index in [1.165, 1.54) is 18.2 Å². The molecule has 0 radical (unpaired) electrons. The number of hydrogen-bond acceptors (Lipinski definition) is 3. The van der Waals surface area contributed by atoms with Crippen LogP contribution < -0.4 is 5.32 Å². The van der Waals surface area contributed by atoms with Crippen molar-refractivity contribution in [3.63, 3.8) is 0 Å². The highest BCUT2D eigenvalue weighted by atomic mass is 16.5. The highest BCUT2D eigenvalue weighted by Crippen LogP contribution is 2.37. The van der Waals surface area contributed by atoms with Crippen LogP contribution in [0.4, 0.5) is 5.69 Å². The third-order valence-electron chi connectivity index (χ3n) is 6.05. The van der Waals surface area contributed by atoms with Gasteiger partial charge in [-0.15, -0.1) is 0 Å². The van der Waals surface area contributed by atoms with Crippen LogP contribution in [0.15, 0.2) is 90.8 Å². The van der Waals surface area contributed by atoms with Crippen LogP contribution in [0.1, 0.15) is 47.9 Å². The van der Waals surface area contributed by atoms with Crippen molar-refractivity contribution in [3.05, 3.63) is 113 Å². The lowest BCUT2D eigenvalue weighted by Crippen LogP contribution is -2.16. The maximum absolute atomic E-state index is 13.1. The number of benzene rings is 3. The zero-order chi connectivity index (χ0) is 23.4. The van der Waals surface area contributed by atoms with Gasteiger partial charge in [0.05, 0.1) is 12.7 Å². The minimum absolute atomic E-state index is 0.298. The third kappa shape index (κ3) is 4.85. The first kappa shape index (κ1) is 22.4. The summed E-state index contributed by atoms with van der Waals surface area (Å²) in [5, 5.41) is 4.39. The van der Waals surface area contributed by atoms with Crippen LogP contribution in [0.3, 0.4) is 0 Å². The quantitative estimate of drug-likeness (QED) is 0.244. The van der Waals surface area contributed by atoms with Gasteiger partial charge in [-0.1, -0.05) is 74.0 Å². The fraction of sp³-hybridized carbons (Fsp3) is 0.207. The molecular weight excluding hydrogens is 408 g/mol. The van der Waals surface area contributed by atoms with E-state index in [0.29, 0.717) is 11.5 Å². The number of anilines is 1. The molecule has 168 valence electrons. The second-order valence-corrected chi connectivity index (χ2v) is 8.65. The number of esters is 1. The Morgan fingerprint density at radius 3 is 2.27 bits per heavy atom. The van der Waals surface area contributed by atoms with Crippen LogP contribution in [0.25, 0.3) is 10.9 Å². The number of nitrogens with one attached hydrogen (secondary N) is 2. The van der Waals surface area contributed by atoms with Crippen molar-refractivity contribution in [2.24, 2.45) is 0 Å². The minimum Gasteiger partial charge on any atom is -0.466 e. The number of carbonyl (C=O) groups excluding carboxylic acids is 1. The monoisotopic (exact) mass is 438 g/mol. The Hall–Kier alpha value is -3.79. The van der Waals surface area contributed by atoms with Gasteiger partial charge in [-0.3, -0.25) is 0 Å². The standard InChI is InChI=1S/C29H30N2O2/c1-19(2)21-11-13-22(14-12-21)28(25-17-31-27-8-6-5-7-24(25)27)26(29(32)33-4)18-30-23-15-9-20(3)10-16-23/h5-19,28,30-31H,1-4H3/b26-18-. The van der Waals surface area contributed by atoms with Crippen molar-refractivity contribution < 1.29 is 9.53 Å². The van der Waals surface area contributed by atoms with Crippen LogP contribution in [0, 0.1) is 6.92 Å². The molecule has 1 unspecified atom stereocenters. The van der Waals surface area contributed by atoms with Crippen LogP contribution in [0.5, 0.6) is 0 Å². The molecule has 4 heteroatoms. The van der Waals surface area contributed by atoms with Crippen molar-refractivity contribution in [2.75, 3.05) is 12.4 Å². The van der Waals surface area contributed by atoms with Crippen molar-refractivity contribution >= 4 is 22.6 Å². The largest absolute Gasteiger partial charge is 0.466 e. The Kier molecular flexibility index (Phi) is 6.64. The number of para-hydroxylation sites is 1. The molecule has 0 spiro atoms. The summed E-state index contributed by atoms with van der Waals surface area (Å²) < 4.78 is 5.24. The lowest BCUT2D eigenvalue weighted by atomic mass is 9.84. The minimum atomic E-state index is -0.363. The summed E-state index contributed by atoms with van der Waals surface area (Å²) >= 11 is 0.